The number of carbonyl (C=O) groups is 1. The predicted molar refractivity (Wildman–Crippen MR) is 80.1 cm³/mol. The quantitative estimate of drug-likeness (QED) is 0.869. The van der Waals surface area contributed by atoms with Crippen LogP contribution in [0.1, 0.15) is 44.7 Å². The van der Waals surface area contributed by atoms with Crippen molar-refractivity contribution < 1.29 is 4.79 Å². The first-order chi connectivity index (χ1) is 8.97. The van der Waals surface area contributed by atoms with E-state index >= 15 is 0 Å². The van der Waals surface area contributed by atoms with E-state index in [9.17, 15) is 4.79 Å². The minimum atomic E-state index is -0.411. The van der Waals surface area contributed by atoms with E-state index in [0.29, 0.717) is 5.02 Å². The molecule has 0 radical (unpaired) electrons. The van der Waals surface area contributed by atoms with E-state index in [1.54, 1.807) is 11.9 Å². The summed E-state index contributed by atoms with van der Waals surface area (Å²) < 4.78 is 0. The Labute approximate surface area is 120 Å². The number of nitrogens with two attached hydrogens (primary N) is 1. The van der Waals surface area contributed by atoms with Crippen LogP contribution in [0.5, 0.6) is 0 Å². The normalized spacial score (nSPS) is 13.9. The zero-order valence-corrected chi connectivity index (χ0v) is 12.7. The Balaban J connectivity index is 2.70. The SMILES string of the molecule is CCCC[C@H](N)C(=O)N(C)C(C)c1cccc(Cl)c1. The van der Waals surface area contributed by atoms with E-state index < -0.39 is 6.04 Å². The molecular weight excluding hydrogens is 260 g/mol. The van der Waals surface area contributed by atoms with Crippen LogP contribution in [0, 0.1) is 0 Å². The topological polar surface area (TPSA) is 46.3 Å². The lowest BCUT2D eigenvalue weighted by Gasteiger charge is -2.28. The number of hydrogen-bond acceptors (Lipinski definition) is 2. The van der Waals surface area contributed by atoms with E-state index in [1.165, 1.54) is 0 Å². The first-order valence-electron chi connectivity index (χ1n) is 6.75. The zero-order valence-electron chi connectivity index (χ0n) is 11.9. The van der Waals surface area contributed by atoms with Crippen molar-refractivity contribution in [2.75, 3.05) is 7.05 Å². The number of nitrogens with zero attached hydrogens (tertiary/aromatic N) is 1. The lowest BCUT2D eigenvalue weighted by Crippen LogP contribution is -2.42. The molecule has 0 aliphatic carbocycles. The number of unbranched alkanes of at least 4 members (excludes halogenated alkanes) is 1. The summed E-state index contributed by atoms with van der Waals surface area (Å²) in [4.78, 5) is 13.9. The monoisotopic (exact) mass is 282 g/mol. The van der Waals surface area contributed by atoms with Crippen LogP contribution in [0.3, 0.4) is 0 Å². The molecule has 0 bridgehead atoms. The van der Waals surface area contributed by atoms with Gasteiger partial charge in [-0.15, -0.1) is 0 Å². The van der Waals surface area contributed by atoms with Gasteiger partial charge in [-0.2, -0.15) is 0 Å². The molecule has 4 heteroatoms. The molecule has 0 aliphatic heterocycles. The molecule has 1 amide bonds. The largest absolute Gasteiger partial charge is 0.338 e. The Morgan fingerprint density at radius 1 is 1.47 bits per heavy atom. The van der Waals surface area contributed by atoms with Crippen LogP contribution in [0.25, 0.3) is 0 Å². The van der Waals surface area contributed by atoms with Crippen LogP contribution in [0.15, 0.2) is 24.3 Å². The first kappa shape index (κ1) is 16.0. The average molecular weight is 283 g/mol. The summed E-state index contributed by atoms with van der Waals surface area (Å²) in [5, 5.41) is 0.681. The number of amides is 1. The van der Waals surface area contributed by atoms with Crippen LogP contribution in [0.4, 0.5) is 0 Å². The molecule has 106 valence electrons. The number of likely N-dealkylation sites (N-methyl/N-ethyl adjacent to an activating group) is 1. The van der Waals surface area contributed by atoms with Crippen LogP contribution in [-0.2, 0) is 4.79 Å². The summed E-state index contributed by atoms with van der Waals surface area (Å²) in [5.41, 5.74) is 6.95. The maximum atomic E-state index is 12.2. The van der Waals surface area contributed by atoms with Crippen molar-refractivity contribution in [2.24, 2.45) is 5.73 Å². The number of halogens is 1. The van der Waals surface area contributed by atoms with Gasteiger partial charge in [-0.25, -0.2) is 0 Å². The molecule has 19 heavy (non-hydrogen) atoms. The average Bonchev–Trinajstić information content (AvgIpc) is 2.42. The summed E-state index contributed by atoms with van der Waals surface area (Å²) in [6, 6.07) is 7.13. The summed E-state index contributed by atoms with van der Waals surface area (Å²) >= 11 is 5.98. The highest BCUT2D eigenvalue weighted by molar-refractivity contribution is 6.30. The Bertz CT molecular complexity index is 422. The molecule has 0 spiro atoms. The van der Waals surface area contributed by atoms with Crippen molar-refractivity contribution in [3.05, 3.63) is 34.9 Å². The molecule has 0 saturated heterocycles. The molecule has 1 aromatic rings. The highest BCUT2D eigenvalue weighted by atomic mass is 35.5. The summed E-state index contributed by atoms with van der Waals surface area (Å²) in [6.45, 7) is 4.08. The molecule has 1 unspecified atom stereocenters. The third-order valence-electron chi connectivity index (χ3n) is 3.45. The van der Waals surface area contributed by atoms with Gasteiger partial charge in [0, 0.05) is 12.1 Å². The van der Waals surface area contributed by atoms with Crippen molar-refractivity contribution in [1.82, 2.24) is 4.90 Å². The molecule has 0 saturated carbocycles. The lowest BCUT2D eigenvalue weighted by atomic mass is 10.0. The van der Waals surface area contributed by atoms with Gasteiger partial charge >= 0.3 is 0 Å². The van der Waals surface area contributed by atoms with Gasteiger partial charge in [0.15, 0.2) is 0 Å². The van der Waals surface area contributed by atoms with E-state index in [4.69, 9.17) is 17.3 Å². The summed E-state index contributed by atoms with van der Waals surface area (Å²) in [7, 11) is 1.79. The van der Waals surface area contributed by atoms with Crippen molar-refractivity contribution >= 4 is 17.5 Å². The number of hydrogen-bond donors (Lipinski definition) is 1. The van der Waals surface area contributed by atoms with Crippen LogP contribution in [-0.4, -0.2) is 23.9 Å². The highest BCUT2D eigenvalue weighted by Crippen LogP contribution is 2.22. The van der Waals surface area contributed by atoms with Crippen molar-refractivity contribution in [3.8, 4) is 0 Å². The third-order valence-corrected chi connectivity index (χ3v) is 3.68. The van der Waals surface area contributed by atoms with Gasteiger partial charge < -0.3 is 10.6 Å². The lowest BCUT2D eigenvalue weighted by molar-refractivity contribution is -0.133. The van der Waals surface area contributed by atoms with Crippen molar-refractivity contribution in [1.29, 1.82) is 0 Å². The van der Waals surface area contributed by atoms with Gasteiger partial charge in [0.2, 0.25) is 5.91 Å². The van der Waals surface area contributed by atoms with E-state index in [0.717, 1.165) is 24.8 Å². The second-order valence-corrected chi connectivity index (χ2v) is 5.37. The molecule has 0 fully saturated rings. The van der Waals surface area contributed by atoms with Crippen molar-refractivity contribution in [3.63, 3.8) is 0 Å². The van der Waals surface area contributed by atoms with Gasteiger partial charge in [-0.1, -0.05) is 43.5 Å². The molecule has 0 heterocycles. The summed E-state index contributed by atoms with van der Waals surface area (Å²) in [5.74, 6) is -0.0130. The van der Waals surface area contributed by atoms with Crippen LogP contribution in [0.2, 0.25) is 5.02 Å². The van der Waals surface area contributed by atoms with E-state index in [1.807, 2.05) is 31.2 Å². The molecule has 1 aromatic carbocycles. The molecule has 2 atom stereocenters. The van der Waals surface area contributed by atoms with Gasteiger partial charge in [0.1, 0.15) is 0 Å². The second-order valence-electron chi connectivity index (χ2n) is 4.93. The number of benzene rings is 1. The predicted octanol–water partition coefficient (Wildman–Crippen LogP) is 3.38. The number of rotatable bonds is 6. The number of carbonyl (C=O) groups excluding carboxylic acids is 1. The molecule has 0 aromatic heterocycles. The minimum Gasteiger partial charge on any atom is -0.338 e. The van der Waals surface area contributed by atoms with Gasteiger partial charge in [0.25, 0.3) is 0 Å². The fourth-order valence-corrected chi connectivity index (χ4v) is 2.19. The fraction of sp³-hybridized carbons (Fsp3) is 0.533. The third kappa shape index (κ3) is 4.51. The van der Waals surface area contributed by atoms with E-state index in [2.05, 4.69) is 6.92 Å². The molecule has 1 rings (SSSR count). The van der Waals surface area contributed by atoms with Crippen molar-refractivity contribution in [2.45, 2.75) is 45.2 Å². The Morgan fingerprint density at radius 2 is 2.16 bits per heavy atom. The first-order valence-corrected chi connectivity index (χ1v) is 7.12. The van der Waals surface area contributed by atoms with Gasteiger partial charge in [-0.05, 0) is 31.0 Å². The fourth-order valence-electron chi connectivity index (χ4n) is 1.99. The Morgan fingerprint density at radius 3 is 2.74 bits per heavy atom. The second kappa shape index (κ2) is 7.51. The molecule has 3 nitrogen and oxygen atoms in total. The summed E-state index contributed by atoms with van der Waals surface area (Å²) in [6.07, 6.45) is 2.77. The van der Waals surface area contributed by atoms with E-state index in [-0.39, 0.29) is 11.9 Å². The van der Waals surface area contributed by atoms with Crippen LogP contribution >= 0.6 is 11.6 Å². The van der Waals surface area contributed by atoms with Gasteiger partial charge in [0.05, 0.1) is 12.1 Å². The maximum absolute atomic E-state index is 12.2. The smallest absolute Gasteiger partial charge is 0.239 e. The maximum Gasteiger partial charge on any atom is 0.239 e. The molecular formula is C15H23ClN2O. The highest BCUT2D eigenvalue weighted by Gasteiger charge is 2.22. The Hall–Kier alpha value is -1.06. The van der Waals surface area contributed by atoms with Crippen LogP contribution < -0.4 is 5.73 Å². The van der Waals surface area contributed by atoms with Gasteiger partial charge in [-0.3, -0.25) is 4.79 Å². The molecule has 2 N–H and O–H groups in total. The standard InChI is InChI=1S/C15H23ClN2O/c1-4-5-9-14(17)15(19)18(3)11(2)12-7-6-8-13(16)10-12/h6-8,10-11,14H,4-5,9,17H2,1-3H3/t11?,14-/m0/s1. The zero-order chi connectivity index (χ0) is 14.4. The minimum absolute atomic E-state index is 0.0130. The molecule has 0 aliphatic rings. The Kier molecular flexibility index (Phi) is 6.32.